The van der Waals surface area contributed by atoms with Gasteiger partial charge in [-0.05, 0) is 11.1 Å². The van der Waals surface area contributed by atoms with Crippen molar-refractivity contribution in [3.63, 3.8) is 0 Å². The molecule has 0 saturated carbocycles. The summed E-state index contributed by atoms with van der Waals surface area (Å²) in [5.41, 5.74) is 0.707. The molecule has 1 saturated heterocycles. The molecular formula is C20H16N2O. The van der Waals surface area contributed by atoms with Crippen molar-refractivity contribution in [3.05, 3.63) is 77.9 Å². The van der Waals surface area contributed by atoms with Gasteiger partial charge in [0.25, 0.3) is 0 Å². The Kier molecular flexibility index (Phi) is 4.24. The van der Waals surface area contributed by atoms with Gasteiger partial charge in [0.15, 0.2) is 5.41 Å². The highest BCUT2D eigenvalue weighted by Gasteiger charge is 2.52. The van der Waals surface area contributed by atoms with Gasteiger partial charge in [-0.1, -0.05) is 72.8 Å². The van der Waals surface area contributed by atoms with E-state index in [4.69, 9.17) is 4.74 Å². The van der Waals surface area contributed by atoms with Crippen LogP contribution >= 0.6 is 0 Å². The monoisotopic (exact) mass is 300 g/mol. The van der Waals surface area contributed by atoms with Gasteiger partial charge in [-0.15, -0.1) is 0 Å². The molecule has 0 aliphatic carbocycles. The molecule has 0 N–H and O–H groups in total. The maximum atomic E-state index is 9.73. The fourth-order valence-corrected chi connectivity index (χ4v) is 2.95. The van der Waals surface area contributed by atoms with E-state index in [0.29, 0.717) is 6.61 Å². The fourth-order valence-electron chi connectivity index (χ4n) is 2.95. The van der Waals surface area contributed by atoms with Crippen LogP contribution < -0.4 is 0 Å². The predicted octanol–water partition coefficient (Wildman–Crippen LogP) is 4.12. The molecule has 0 radical (unpaired) electrons. The summed E-state index contributed by atoms with van der Waals surface area (Å²) in [7, 11) is 0. The Labute approximate surface area is 136 Å². The molecule has 3 heteroatoms. The number of hydrogen-bond donors (Lipinski definition) is 0. The quantitative estimate of drug-likeness (QED) is 0.856. The fraction of sp³-hybridized carbons (Fsp3) is 0.200. The van der Waals surface area contributed by atoms with E-state index >= 15 is 0 Å². The number of rotatable bonds is 3. The molecule has 0 amide bonds. The van der Waals surface area contributed by atoms with Gasteiger partial charge in [0, 0.05) is 5.92 Å². The number of ether oxygens (including phenoxy) is 1. The second-order valence-corrected chi connectivity index (χ2v) is 5.59. The average molecular weight is 300 g/mol. The summed E-state index contributed by atoms with van der Waals surface area (Å²) >= 11 is 0. The van der Waals surface area contributed by atoms with Gasteiger partial charge >= 0.3 is 0 Å². The van der Waals surface area contributed by atoms with Crippen molar-refractivity contribution in [1.82, 2.24) is 0 Å². The van der Waals surface area contributed by atoms with E-state index < -0.39 is 11.5 Å². The van der Waals surface area contributed by atoms with Crippen LogP contribution in [0.3, 0.4) is 0 Å². The first-order valence-corrected chi connectivity index (χ1v) is 7.52. The topological polar surface area (TPSA) is 56.8 Å². The highest BCUT2D eigenvalue weighted by molar-refractivity contribution is 5.50. The highest BCUT2D eigenvalue weighted by atomic mass is 16.5. The first-order chi connectivity index (χ1) is 11.3. The van der Waals surface area contributed by atoms with Gasteiger partial charge in [-0.3, -0.25) is 0 Å². The van der Waals surface area contributed by atoms with Crippen LogP contribution in [0.5, 0.6) is 0 Å². The number of hydrogen-bond acceptors (Lipinski definition) is 3. The summed E-state index contributed by atoms with van der Waals surface area (Å²) in [6.07, 6.45) is 3.35. The molecule has 2 atom stereocenters. The van der Waals surface area contributed by atoms with Crippen molar-refractivity contribution in [3.8, 4) is 12.1 Å². The molecule has 2 aromatic rings. The molecule has 0 bridgehead atoms. The van der Waals surface area contributed by atoms with Crippen molar-refractivity contribution < 1.29 is 4.74 Å². The third-order valence-electron chi connectivity index (χ3n) is 4.23. The average Bonchev–Trinajstić information content (AvgIpc) is 3.00. The molecule has 0 spiro atoms. The Bertz CT molecular complexity index is 755. The molecule has 1 fully saturated rings. The van der Waals surface area contributed by atoms with Gasteiger partial charge in [-0.2, -0.15) is 10.5 Å². The molecule has 3 nitrogen and oxygen atoms in total. The molecular weight excluding hydrogens is 284 g/mol. The SMILES string of the molecule is N#CC1(C#N)C(/C=C/c2ccccc2)COC1c1ccccc1. The minimum absolute atomic E-state index is 0.261. The van der Waals surface area contributed by atoms with Crippen LogP contribution in [0, 0.1) is 34.0 Å². The summed E-state index contributed by atoms with van der Waals surface area (Å²) < 4.78 is 5.84. The van der Waals surface area contributed by atoms with E-state index in [1.54, 1.807) is 0 Å². The molecule has 23 heavy (non-hydrogen) atoms. The molecule has 112 valence electrons. The van der Waals surface area contributed by atoms with Crippen LogP contribution in [-0.4, -0.2) is 6.61 Å². The first kappa shape index (κ1) is 15.0. The first-order valence-electron chi connectivity index (χ1n) is 7.52. The van der Waals surface area contributed by atoms with E-state index in [2.05, 4.69) is 12.1 Å². The van der Waals surface area contributed by atoms with E-state index in [0.717, 1.165) is 11.1 Å². The molecule has 1 aliphatic heterocycles. The Balaban J connectivity index is 1.92. The second kappa shape index (κ2) is 6.48. The van der Waals surface area contributed by atoms with Crippen molar-refractivity contribution in [2.24, 2.45) is 11.3 Å². The van der Waals surface area contributed by atoms with E-state index in [-0.39, 0.29) is 5.92 Å². The summed E-state index contributed by atoms with van der Waals surface area (Å²) in [6, 6.07) is 23.8. The minimum Gasteiger partial charge on any atom is -0.370 e. The molecule has 0 aromatic heterocycles. The lowest BCUT2D eigenvalue weighted by Gasteiger charge is -2.23. The normalized spacial score (nSPS) is 22.5. The molecule has 2 aromatic carbocycles. The van der Waals surface area contributed by atoms with Crippen LogP contribution in [0.1, 0.15) is 17.2 Å². The summed E-state index contributed by atoms with van der Waals surface area (Å²) in [6.45, 7) is 0.365. The van der Waals surface area contributed by atoms with Crippen molar-refractivity contribution in [2.75, 3.05) is 6.61 Å². The van der Waals surface area contributed by atoms with Gasteiger partial charge in [0.05, 0.1) is 18.7 Å². The molecule has 1 aliphatic rings. The lowest BCUT2D eigenvalue weighted by molar-refractivity contribution is 0.0863. The van der Waals surface area contributed by atoms with E-state index in [1.807, 2.05) is 72.8 Å². The lowest BCUT2D eigenvalue weighted by atomic mass is 9.73. The summed E-state index contributed by atoms with van der Waals surface area (Å²) in [4.78, 5) is 0. The van der Waals surface area contributed by atoms with Crippen LogP contribution in [-0.2, 0) is 4.74 Å². The summed E-state index contributed by atoms with van der Waals surface area (Å²) in [5.74, 6) is -0.261. The molecule has 3 rings (SSSR count). The van der Waals surface area contributed by atoms with Gasteiger partial charge in [0.1, 0.15) is 6.10 Å². The van der Waals surface area contributed by atoms with Crippen LogP contribution in [0.15, 0.2) is 66.7 Å². The van der Waals surface area contributed by atoms with Gasteiger partial charge < -0.3 is 4.74 Å². The highest BCUT2D eigenvalue weighted by Crippen LogP contribution is 2.48. The zero-order valence-electron chi connectivity index (χ0n) is 12.6. The van der Waals surface area contributed by atoms with Crippen LogP contribution in [0.25, 0.3) is 6.08 Å². The zero-order valence-corrected chi connectivity index (χ0v) is 12.6. The van der Waals surface area contributed by atoms with E-state index in [9.17, 15) is 10.5 Å². The third-order valence-corrected chi connectivity index (χ3v) is 4.23. The maximum absolute atomic E-state index is 9.73. The predicted molar refractivity (Wildman–Crippen MR) is 87.8 cm³/mol. The third kappa shape index (κ3) is 2.75. The van der Waals surface area contributed by atoms with Gasteiger partial charge in [-0.25, -0.2) is 0 Å². The van der Waals surface area contributed by atoms with Crippen molar-refractivity contribution in [1.29, 1.82) is 10.5 Å². The van der Waals surface area contributed by atoms with E-state index in [1.165, 1.54) is 0 Å². The summed E-state index contributed by atoms with van der Waals surface area (Å²) in [5, 5.41) is 19.5. The lowest BCUT2D eigenvalue weighted by Crippen LogP contribution is -2.27. The minimum atomic E-state index is -1.20. The maximum Gasteiger partial charge on any atom is 0.182 e. The zero-order chi connectivity index (χ0) is 16.1. The second-order valence-electron chi connectivity index (χ2n) is 5.59. The van der Waals surface area contributed by atoms with Crippen molar-refractivity contribution in [2.45, 2.75) is 6.10 Å². The Morgan fingerprint density at radius 2 is 1.57 bits per heavy atom. The van der Waals surface area contributed by atoms with Crippen LogP contribution in [0.2, 0.25) is 0 Å². The Morgan fingerprint density at radius 1 is 0.957 bits per heavy atom. The number of nitriles is 2. The Morgan fingerprint density at radius 3 is 2.17 bits per heavy atom. The van der Waals surface area contributed by atoms with Gasteiger partial charge in [0.2, 0.25) is 0 Å². The number of benzene rings is 2. The molecule has 2 unspecified atom stereocenters. The molecule has 1 heterocycles. The largest absolute Gasteiger partial charge is 0.370 e. The smallest absolute Gasteiger partial charge is 0.182 e. The Hall–Kier alpha value is -2.88. The standard InChI is InChI=1S/C20H16N2O/c21-14-20(15-22)18(12-11-16-7-3-1-4-8-16)13-23-19(20)17-9-5-2-6-10-17/h1-12,18-19H,13H2/b12-11+. The van der Waals surface area contributed by atoms with Crippen LogP contribution in [0.4, 0.5) is 0 Å². The number of nitrogens with zero attached hydrogens (tertiary/aromatic N) is 2. The van der Waals surface area contributed by atoms with Crippen molar-refractivity contribution >= 4 is 6.08 Å².